The number of rotatable bonds is 3. The normalized spacial score (nSPS) is 21.6. The van der Waals surface area contributed by atoms with Crippen LogP contribution in [0.2, 0.25) is 0 Å². The Morgan fingerprint density at radius 3 is 2.64 bits per heavy atom. The zero-order valence-electron chi connectivity index (χ0n) is 13.5. The predicted octanol–water partition coefficient (Wildman–Crippen LogP) is 3.35. The van der Waals surface area contributed by atoms with E-state index in [0.29, 0.717) is 5.16 Å². The van der Waals surface area contributed by atoms with E-state index in [4.69, 9.17) is 4.74 Å². The number of nitrogens with zero attached hydrogens (tertiary/aromatic N) is 2. The fourth-order valence-corrected chi connectivity index (χ4v) is 4.56. The highest BCUT2D eigenvalue weighted by atomic mass is 79.9. The number of hydrogen-bond donors (Lipinski definition) is 1. The summed E-state index contributed by atoms with van der Waals surface area (Å²) < 4.78 is 6.64. The molecule has 0 saturated heterocycles. The van der Waals surface area contributed by atoms with Crippen LogP contribution < -0.4 is 0 Å². The first-order valence-corrected chi connectivity index (χ1v) is 8.52. The SMILES string of the molecule is Br.COC(=O)CC1Sc2nc3ccccc3n2C1(O)c1ccccc1. The van der Waals surface area contributed by atoms with Gasteiger partial charge >= 0.3 is 5.97 Å². The number of hydrogen-bond acceptors (Lipinski definition) is 5. The van der Waals surface area contributed by atoms with Crippen LogP contribution in [0.1, 0.15) is 12.0 Å². The lowest BCUT2D eigenvalue weighted by Crippen LogP contribution is -2.41. The van der Waals surface area contributed by atoms with Crippen molar-refractivity contribution in [3.8, 4) is 0 Å². The molecule has 4 rings (SSSR count). The maximum Gasteiger partial charge on any atom is 0.306 e. The Morgan fingerprint density at radius 2 is 1.92 bits per heavy atom. The molecule has 2 atom stereocenters. The first kappa shape index (κ1) is 18.0. The van der Waals surface area contributed by atoms with Crippen LogP contribution in [0, 0.1) is 0 Å². The molecule has 0 radical (unpaired) electrons. The molecule has 0 amide bonds. The summed E-state index contributed by atoms with van der Waals surface area (Å²) in [6.07, 6.45) is 0.101. The Morgan fingerprint density at radius 1 is 1.24 bits per heavy atom. The van der Waals surface area contributed by atoms with E-state index in [9.17, 15) is 9.90 Å². The number of carbonyl (C=O) groups excluding carboxylic acids is 1. The molecule has 3 aromatic rings. The van der Waals surface area contributed by atoms with E-state index in [1.54, 1.807) is 0 Å². The minimum atomic E-state index is -1.36. The molecule has 2 heterocycles. The van der Waals surface area contributed by atoms with Gasteiger partial charge in [-0.05, 0) is 12.1 Å². The number of fused-ring (bicyclic) bond motifs is 3. The van der Waals surface area contributed by atoms with Crippen molar-refractivity contribution in [2.45, 2.75) is 22.6 Å². The van der Waals surface area contributed by atoms with E-state index in [0.717, 1.165) is 16.6 Å². The Labute approximate surface area is 159 Å². The summed E-state index contributed by atoms with van der Waals surface area (Å²) >= 11 is 1.41. The third-order valence-electron chi connectivity index (χ3n) is 4.35. The maximum absolute atomic E-state index is 11.8. The predicted molar refractivity (Wildman–Crippen MR) is 102 cm³/mol. The van der Waals surface area contributed by atoms with E-state index >= 15 is 0 Å². The van der Waals surface area contributed by atoms with E-state index < -0.39 is 11.0 Å². The number of methoxy groups -OCH3 is 1. The minimum Gasteiger partial charge on any atom is -0.469 e. The van der Waals surface area contributed by atoms with Crippen LogP contribution in [0.15, 0.2) is 59.8 Å². The second kappa shape index (κ2) is 6.82. The number of imidazole rings is 1. The number of halogens is 1. The number of para-hydroxylation sites is 2. The van der Waals surface area contributed by atoms with Crippen LogP contribution in [0.3, 0.4) is 0 Å². The summed E-state index contributed by atoms with van der Waals surface area (Å²) in [4.78, 5) is 16.5. The lowest BCUT2D eigenvalue weighted by atomic mass is 9.96. The molecule has 1 aromatic heterocycles. The number of thioether (sulfide) groups is 1. The summed E-state index contributed by atoms with van der Waals surface area (Å²) in [5.41, 5.74) is 1.05. The molecule has 5 nitrogen and oxygen atoms in total. The van der Waals surface area contributed by atoms with Gasteiger partial charge in [0.05, 0.1) is 29.8 Å². The van der Waals surface area contributed by atoms with Crippen molar-refractivity contribution in [1.82, 2.24) is 9.55 Å². The van der Waals surface area contributed by atoms with E-state index in [-0.39, 0.29) is 29.4 Å². The summed E-state index contributed by atoms with van der Waals surface area (Å²) in [7, 11) is 1.36. The standard InChI is InChI=1S/C18H16N2O3S.BrH/c1-23-16(21)11-15-18(22,12-7-3-2-4-8-12)20-14-10-6-5-9-13(14)19-17(20)24-15;/h2-10,15,22H,11H2,1H3;1H. The van der Waals surface area contributed by atoms with Crippen molar-refractivity contribution >= 4 is 45.7 Å². The monoisotopic (exact) mass is 420 g/mol. The highest BCUT2D eigenvalue weighted by Gasteiger charge is 2.50. The quantitative estimate of drug-likeness (QED) is 0.658. The van der Waals surface area contributed by atoms with Crippen molar-refractivity contribution in [2.24, 2.45) is 0 Å². The molecular weight excluding hydrogens is 404 g/mol. The van der Waals surface area contributed by atoms with Gasteiger partial charge in [-0.25, -0.2) is 4.98 Å². The molecule has 25 heavy (non-hydrogen) atoms. The Hall–Kier alpha value is -1.83. The fourth-order valence-electron chi connectivity index (χ4n) is 3.18. The number of ether oxygens (including phenoxy) is 1. The van der Waals surface area contributed by atoms with Gasteiger partial charge in [-0.2, -0.15) is 0 Å². The first-order valence-electron chi connectivity index (χ1n) is 7.64. The summed E-state index contributed by atoms with van der Waals surface area (Å²) in [6, 6.07) is 17.1. The molecule has 0 spiro atoms. The second-order valence-corrected chi connectivity index (χ2v) is 6.87. The largest absolute Gasteiger partial charge is 0.469 e. The van der Waals surface area contributed by atoms with Crippen molar-refractivity contribution in [3.63, 3.8) is 0 Å². The van der Waals surface area contributed by atoms with E-state index in [2.05, 4.69) is 4.98 Å². The molecular formula is C18H17BrN2O3S. The molecule has 0 aliphatic carbocycles. The van der Waals surface area contributed by atoms with Crippen LogP contribution in [0.5, 0.6) is 0 Å². The average Bonchev–Trinajstić information content (AvgIpc) is 3.11. The Balaban J connectivity index is 0.00000182. The molecule has 1 aliphatic rings. The molecule has 2 unspecified atom stereocenters. The molecule has 0 fully saturated rings. The van der Waals surface area contributed by atoms with Gasteiger partial charge in [0.2, 0.25) is 0 Å². The number of benzene rings is 2. The van der Waals surface area contributed by atoms with Crippen LogP contribution >= 0.6 is 28.7 Å². The third-order valence-corrected chi connectivity index (χ3v) is 5.61. The van der Waals surface area contributed by atoms with Crippen LogP contribution in [-0.4, -0.2) is 33.0 Å². The van der Waals surface area contributed by atoms with Crippen LogP contribution in [0.25, 0.3) is 11.0 Å². The second-order valence-electron chi connectivity index (χ2n) is 5.70. The zero-order chi connectivity index (χ0) is 16.7. The summed E-state index contributed by atoms with van der Waals surface area (Å²) in [5.74, 6) is -0.350. The van der Waals surface area contributed by atoms with Gasteiger partial charge in [-0.3, -0.25) is 9.36 Å². The number of carbonyl (C=O) groups is 1. The summed E-state index contributed by atoms with van der Waals surface area (Å²) in [6.45, 7) is 0. The Kier molecular flexibility index (Phi) is 4.90. The minimum absolute atomic E-state index is 0. The summed E-state index contributed by atoms with van der Waals surface area (Å²) in [5, 5.41) is 12.0. The molecule has 130 valence electrons. The van der Waals surface area contributed by atoms with Crippen molar-refractivity contribution in [3.05, 3.63) is 60.2 Å². The molecule has 1 N–H and O–H groups in total. The van der Waals surface area contributed by atoms with Gasteiger partial charge in [-0.15, -0.1) is 17.0 Å². The maximum atomic E-state index is 11.8. The first-order chi connectivity index (χ1) is 11.6. The molecule has 2 aromatic carbocycles. The number of esters is 1. The van der Waals surface area contributed by atoms with Gasteiger partial charge in [0.25, 0.3) is 0 Å². The van der Waals surface area contributed by atoms with Crippen molar-refractivity contribution < 1.29 is 14.6 Å². The third kappa shape index (κ3) is 2.76. The number of aromatic nitrogens is 2. The molecule has 0 saturated carbocycles. The fraction of sp³-hybridized carbons (Fsp3) is 0.222. The smallest absolute Gasteiger partial charge is 0.306 e. The molecule has 1 aliphatic heterocycles. The highest BCUT2D eigenvalue weighted by Crippen LogP contribution is 2.49. The van der Waals surface area contributed by atoms with Crippen molar-refractivity contribution in [1.29, 1.82) is 0 Å². The average molecular weight is 421 g/mol. The van der Waals surface area contributed by atoms with E-state index in [1.165, 1.54) is 18.9 Å². The molecule has 7 heteroatoms. The topological polar surface area (TPSA) is 64.3 Å². The van der Waals surface area contributed by atoms with Gasteiger partial charge in [0, 0.05) is 5.56 Å². The van der Waals surface area contributed by atoms with Gasteiger partial charge < -0.3 is 9.84 Å². The van der Waals surface area contributed by atoms with E-state index in [1.807, 2.05) is 59.2 Å². The van der Waals surface area contributed by atoms with Gasteiger partial charge in [0.15, 0.2) is 10.9 Å². The van der Waals surface area contributed by atoms with Crippen LogP contribution in [0.4, 0.5) is 0 Å². The number of aliphatic hydroxyl groups is 1. The Bertz CT molecular complexity index is 915. The highest BCUT2D eigenvalue weighted by molar-refractivity contribution is 8.93. The van der Waals surface area contributed by atoms with Crippen molar-refractivity contribution in [2.75, 3.05) is 7.11 Å². The zero-order valence-corrected chi connectivity index (χ0v) is 16.0. The van der Waals surface area contributed by atoms with Crippen LogP contribution in [-0.2, 0) is 15.3 Å². The van der Waals surface area contributed by atoms with Gasteiger partial charge in [-0.1, -0.05) is 54.2 Å². The lowest BCUT2D eigenvalue weighted by Gasteiger charge is -2.31. The molecule has 0 bridgehead atoms. The van der Waals surface area contributed by atoms with Gasteiger partial charge in [0.1, 0.15) is 0 Å². The lowest BCUT2D eigenvalue weighted by molar-refractivity contribution is -0.142.